The molecule has 6 nitrogen and oxygen atoms in total. The molecule has 0 atom stereocenters. The molecule has 1 fully saturated rings. The van der Waals surface area contributed by atoms with Crippen LogP contribution in [0.25, 0.3) is 0 Å². The maximum Gasteiger partial charge on any atom is 0.244 e. The summed E-state index contributed by atoms with van der Waals surface area (Å²) >= 11 is 0. The molecule has 1 aromatic rings. The molecule has 0 unspecified atom stereocenters. The number of rotatable bonds is 5. The lowest BCUT2D eigenvalue weighted by Gasteiger charge is -2.32. The fourth-order valence-electron chi connectivity index (χ4n) is 2.68. The Bertz CT molecular complexity index is 530. The number of piperidine rings is 1. The molecule has 1 aromatic heterocycles. The predicted molar refractivity (Wildman–Crippen MR) is 78.7 cm³/mol. The van der Waals surface area contributed by atoms with Crippen molar-refractivity contribution in [2.75, 3.05) is 33.7 Å². The van der Waals surface area contributed by atoms with Gasteiger partial charge in [-0.25, -0.2) is 8.42 Å². The Hall–Kier alpha value is -0.890. The van der Waals surface area contributed by atoms with Crippen molar-refractivity contribution in [2.45, 2.75) is 24.3 Å². The molecule has 1 aliphatic heterocycles. The average molecular weight is 300 g/mol. The molecule has 1 saturated heterocycles. The maximum absolute atomic E-state index is 12.5. The summed E-state index contributed by atoms with van der Waals surface area (Å²) in [5, 5.41) is 0. The van der Waals surface area contributed by atoms with Gasteiger partial charge in [0.2, 0.25) is 10.0 Å². The Morgan fingerprint density at radius 2 is 2.05 bits per heavy atom. The third kappa shape index (κ3) is 3.41. The number of nitrogens with two attached hydrogens (primary N) is 1. The monoisotopic (exact) mass is 300 g/mol. The molecule has 20 heavy (non-hydrogen) atoms. The highest BCUT2D eigenvalue weighted by Gasteiger charge is 2.30. The normalized spacial score (nSPS) is 18.8. The van der Waals surface area contributed by atoms with E-state index < -0.39 is 10.0 Å². The van der Waals surface area contributed by atoms with Gasteiger partial charge in [-0.05, 0) is 38.9 Å². The number of aromatic amines is 1. The van der Waals surface area contributed by atoms with Gasteiger partial charge in [0.15, 0.2) is 0 Å². The van der Waals surface area contributed by atoms with E-state index in [-0.39, 0.29) is 0 Å². The smallest absolute Gasteiger partial charge is 0.244 e. The molecule has 0 amide bonds. The van der Waals surface area contributed by atoms with Gasteiger partial charge < -0.3 is 15.6 Å². The molecule has 3 N–H and O–H groups in total. The second-order valence-corrected chi connectivity index (χ2v) is 7.61. The minimum atomic E-state index is -3.37. The third-order valence-corrected chi connectivity index (χ3v) is 5.65. The highest BCUT2D eigenvalue weighted by atomic mass is 32.2. The van der Waals surface area contributed by atoms with Gasteiger partial charge in [0, 0.05) is 38.1 Å². The molecule has 0 bridgehead atoms. The van der Waals surface area contributed by atoms with Crippen molar-refractivity contribution in [2.24, 2.45) is 11.7 Å². The first-order chi connectivity index (χ1) is 9.43. The Labute approximate surface area is 121 Å². The van der Waals surface area contributed by atoms with Crippen molar-refractivity contribution in [1.82, 2.24) is 14.2 Å². The number of hydrogen-bond donors (Lipinski definition) is 2. The molecule has 0 aliphatic carbocycles. The Kier molecular flexibility index (Phi) is 4.85. The van der Waals surface area contributed by atoms with E-state index in [0.29, 0.717) is 30.4 Å². The number of nitrogens with zero attached hydrogens (tertiary/aromatic N) is 2. The maximum atomic E-state index is 12.5. The summed E-state index contributed by atoms with van der Waals surface area (Å²) in [7, 11) is 0.735. The van der Waals surface area contributed by atoms with Crippen molar-refractivity contribution in [3.05, 3.63) is 18.0 Å². The summed E-state index contributed by atoms with van der Waals surface area (Å²) in [6.45, 7) is 2.55. The van der Waals surface area contributed by atoms with Gasteiger partial charge in [-0.1, -0.05) is 0 Å². The minimum Gasteiger partial charge on any atom is -0.363 e. The first kappa shape index (κ1) is 15.5. The summed E-state index contributed by atoms with van der Waals surface area (Å²) < 4.78 is 26.6. The quantitative estimate of drug-likeness (QED) is 0.826. The van der Waals surface area contributed by atoms with E-state index >= 15 is 0 Å². The van der Waals surface area contributed by atoms with Crippen LogP contribution in [0.5, 0.6) is 0 Å². The molecule has 1 aliphatic rings. The summed E-state index contributed by atoms with van der Waals surface area (Å²) in [5.41, 5.74) is 6.25. The lowest BCUT2D eigenvalue weighted by atomic mass is 9.98. The summed E-state index contributed by atoms with van der Waals surface area (Å²) in [6.07, 6.45) is 3.38. The Balaban J connectivity index is 2.02. The van der Waals surface area contributed by atoms with E-state index in [2.05, 4.69) is 24.0 Å². The van der Waals surface area contributed by atoms with Crippen LogP contribution in [0.1, 0.15) is 18.5 Å². The SMILES string of the molecule is CN(C)CC1CCN(S(=O)(=O)c2c[nH]c(CN)c2)CC1. The fraction of sp³-hybridized carbons (Fsp3) is 0.692. The van der Waals surface area contributed by atoms with Gasteiger partial charge in [0.1, 0.15) is 0 Å². The predicted octanol–water partition coefficient (Wildman–Crippen LogP) is 0.436. The molecule has 2 rings (SSSR count). The molecule has 0 spiro atoms. The van der Waals surface area contributed by atoms with Gasteiger partial charge in [0.25, 0.3) is 0 Å². The first-order valence-electron chi connectivity index (χ1n) is 6.95. The summed E-state index contributed by atoms with van der Waals surface area (Å²) in [4.78, 5) is 5.38. The molecule has 7 heteroatoms. The van der Waals surface area contributed by atoms with Gasteiger partial charge in [-0.3, -0.25) is 0 Å². The van der Waals surface area contributed by atoms with Crippen molar-refractivity contribution >= 4 is 10.0 Å². The highest BCUT2D eigenvalue weighted by Crippen LogP contribution is 2.24. The second kappa shape index (κ2) is 6.26. The van der Waals surface area contributed by atoms with Crippen LogP contribution in [0.15, 0.2) is 17.2 Å². The van der Waals surface area contributed by atoms with Crippen LogP contribution in [-0.4, -0.2) is 56.3 Å². The van der Waals surface area contributed by atoms with Crippen LogP contribution in [0.4, 0.5) is 0 Å². The van der Waals surface area contributed by atoms with Crippen molar-refractivity contribution in [3.63, 3.8) is 0 Å². The summed E-state index contributed by atoms with van der Waals surface area (Å²) in [5.74, 6) is 0.585. The zero-order chi connectivity index (χ0) is 14.8. The number of nitrogens with one attached hydrogen (secondary N) is 1. The average Bonchev–Trinajstić information content (AvgIpc) is 2.88. The first-order valence-corrected chi connectivity index (χ1v) is 8.39. The van der Waals surface area contributed by atoms with Crippen LogP contribution in [-0.2, 0) is 16.6 Å². The van der Waals surface area contributed by atoms with E-state index in [1.54, 1.807) is 10.4 Å². The van der Waals surface area contributed by atoms with E-state index in [1.807, 2.05) is 0 Å². The number of H-pyrrole nitrogens is 1. The lowest BCUT2D eigenvalue weighted by molar-refractivity contribution is 0.225. The Morgan fingerprint density at radius 1 is 1.40 bits per heavy atom. The van der Waals surface area contributed by atoms with Crippen LogP contribution >= 0.6 is 0 Å². The van der Waals surface area contributed by atoms with E-state index in [1.165, 1.54) is 6.20 Å². The summed E-state index contributed by atoms with van der Waals surface area (Å²) in [6, 6.07) is 1.63. The van der Waals surface area contributed by atoms with Crippen LogP contribution in [0, 0.1) is 5.92 Å². The second-order valence-electron chi connectivity index (χ2n) is 5.67. The number of hydrogen-bond acceptors (Lipinski definition) is 4. The third-order valence-electron chi connectivity index (χ3n) is 3.77. The fourth-order valence-corrected chi connectivity index (χ4v) is 4.17. The van der Waals surface area contributed by atoms with Crippen molar-refractivity contribution < 1.29 is 8.42 Å². The topological polar surface area (TPSA) is 82.4 Å². The van der Waals surface area contributed by atoms with Crippen LogP contribution in [0.2, 0.25) is 0 Å². The Morgan fingerprint density at radius 3 is 2.55 bits per heavy atom. The van der Waals surface area contributed by atoms with Gasteiger partial charge in [0.05, 0.1) is 4.90 Å². The lowest BCUT2D eigenvalue weighted by Crippen LogP contribution is -2.40. The van der Waals surface area contributed by atoms with Crippen LogP contribution in [0.3, 0.4) is 0 Å². The molecular weight excluding hydrogens is 276 g/mol. The van der Waals surface area contributed by atoms with Crippen LogP contribution < -0.4 is 5.73 Å². The number of sulfonamides is 1. The number of aromatic nitrogens is 1. The van der Waals surface area contributed by atoms with E-state index in [9.17, 15) is 8.42 Å². The standard InChI is InChI=1S/C13H24N4O2S/c1-16(2)10-11-3-5-17(6-4-11)20(18,19)13-7-12(8-14)15-9-13/h7,9,11,15H,3-6,8,10,14H2,1-2H3. The van der Waals surface area contributed by atoms with Gasteiger partial charge >= 0.3 is 0 Å². The van der Waals surface area contributed by atoms with Gasteiger partial charge in [-0.2, -0.15) is 4.31 Å². The molecule has 2 heterocycles. The minimum absolute atomic E-state index is 0.320. The van der Waals surface area contributed by atoms with E-state index in [0.717, 1.165) is 25.1 Å². The zero-order valence-corrected chi connectivity index (χ0v) is 13.0. The molecule has 0 radical (unpaired) electrons. The largest absolute Gasteiger partial charge is 0.363 e. The van der Waals surface area contributed by atoms with Crippen molar-refractivity contribution in [3.8, 4) is 0 Å². The van der Waals surface area contributed by atoms with E-state index in [4.69, 9.17) is 5.73 Å². The highest BCUT2D eigenvalue weighted by molar-refractivity contribution is 7.89. The molecular formula is C13H24N4O2S. The molecule has 0 saturated carbocycles. The van der Waals surface area contributed by atoms with Crippen molar-refractivity contribution in [1.29, 1.82) is 0 Å². The zero-order valence-electron chi connectivity index (χ0n) is 12.2. The van der Waals surface area contributed by atoms with Gasteiger partial charge in [-0.15, -0.1) is 0 Å². The molecule has 114 valence electrons. The molecule has 0 aromatic carbocycles.